The molecule has 2 aromatic rings. The number of rotatable bonds is 5. The van der Waals surface area contributed by atoms with Gasteiger partial charge in [0.2, 0.25) is 5.13 Å². The Morgan fingerprint density at radius 3 is 2.90 bits per heavy atom. The van der Waals surface area contributed by atoms with Gasteiger partial charge in [0.1, 0.15) is 11.6 Å². The van der Waals surface area contributed by atoms with E-state index in [4.69, 9.17) is 0 Å². The monoisotopic (exact) mass is 303 g/mol. The molecule has 2 aromatic heterocycles. The molecule has 0 radical (unpaired) electrons. The SMILES string of the molecule is CCc1nsc(NCc2cccnc2N2CCCCC2)n1. The largest absolute Gasteiger partial charge is 0.356 e. The lowest BCUT2D eigenvalue weighted by molar-refractivity contribution is 0.572. The number of hydrogen-bond donors (Lipinski definition) is 1. The second kappa shape index (κ2) is 6.85. The third-order valence-electron chi connectivity index (χ3n) is 3.74. The molecule has 0 spiro atoms. The molecule has 3 rings (SSSR count). The highest BCUT2D eigenvalue weighted by molar-refractivity contribution is 7.09. The fraction of sp³-hybridized carbons (Fsp3) is 0.533. The highest BCUT2D eigenvalue weighted by Gasteiger charge is 2.15. The molecule has 1 saturated heterocycles. The van der Waals surface area contributed by atoms with Crippen LogP contribution in [0.25, 0.3) is 0 Å². The van der Waals surface area contributed by atoms with Gasteiger partial charge in [-0.25, -0.2) is 9.97 Å². The van der Waals surface area contributed by atoms with Crippen LogP contribution in [0.3, 0.4) is 0 Å². The number of anilines is 2. The van der Waals surface area contributed by atoms with Crippen LogP contribution in [0.2, 0.25) is 0 Å². The molecule has 1 fully saturated rings. The lowest BCUT2D eigenvalue weighted by atomic mass is 10.1. The summed E-state index contributed by atoms with van der Waals surface area (Å²) in [6, 6.07) is 4.15. The Kier molecular flexibility index (Phi) is 4.65. The van der Waals surface area contributed by atoms with Crippen LogP contribution in [0.1, 0.15) is 37.6 Å². The van der Waals surface area contributed by atoms with Crippen molar-refractivity contribution in [3.8, 4) is 0 Å². The first kappa shape index (κ1) is 14.3. The summed E-state index contributed by atoms with van der Waals surface area (Å²) in [5, 5.41) is 4.26. The molecule has 3 heterocycles. The smallest absolute Gasteiger partial charge is 0.202 e. The van der Waals surface area contributed by atoms with Gasteiger partial charge >= 0.3 is 0 Å². The molecule has 112 valence electrons. The molecule has 6 heteroatoms. The second-order valence-electron chi connectivity index (χ2n) is 5.26. The summed E-state index contributed by atoms with van der Waals surface area (Å²) in [5.74, 6) is 2.02. The van der Waals surface area contributed by atoms with E-state index in [1.807, 2.05) is 12.3 Å². The van der Waals surface area contributed by atoms with E-state index in [2.05, 4.69) is 37.5 Å². The van der Waals surface area contributed by atoms with Crippen molar-refractivity contribution in [1.29, 1.82) is 0 Å². The molecule has 21 heavy (non-hydrogen) atoms. The highest BCUT2D eigenvalue weighted by Crippen LogP contribution is 2.22. The van der Waals surface area contributed by atoms with Crippen LogP contribution in [-0.4, -0.2) is 27.4 Å². The highest BCUT2D eigenvalue weighted by atomic mass is 32.1. The fourth-order valence-corrected chi connectivity index (χ4v) is 3.24. The molecule has 0 aliphatic carbocycles. The number of aryl methyl sites for hydroxylation is 1. The second-order valence-corrected chi connectivity index (χ2v) is 6.01. The maximum atomic E-state index is 4.59. The average Bonchev–Trinajstić information content (AvgIpc) is 3.02. The predicted molar refractivity (Wildman–Crippen MR) is 86.9 cm³/mol. The molecule has 0 atom stereocenters. The van der Waals surface area contributed by atoms with E-state index in [0.29, 0.717) is 0 Å². The zero-order valence-electron chi connectivity index (χ0n) is 12.4. The van der Waals surface area contributed by atoms with Gasteiger partial charge in [0.15, 0.2) is 0 Å². The minimum atomic E-state index is 0.748. The zero-order valence-corrected chi connectivity index (χ0v) is 13.2. The van der Waals surface area contributed by atoms with Crippen LogP contribution in [0, 0.1) is 0 Å². The minimum absolute atomic E-state index is 0.748. The van der Waals surface area contributed by atoms with Crippen LogP contribution in [0.15, 0.2) is 18.3 Å². The van der Waals surface area contributed by atoms with Crippen molar-refractivity contribution in [2.75, 3.05) is 23.3 Å². The van der Waals surface area contributed by atoms with Gasteiger partial charge in [0, 0.05) is 49.3 Å². The van der Waals surface area contributed by atoms with Crippen LogP contribution < -0.4 is 10.2 Å². The summed E-state index contributed by atoms with van der Waals surface area (Å²) in [6.45, 7) is 5.05. The van der Waals surface area contributed by atoms with E-state index in [-0.39, 0.29) is 0 Å². The summed E-state index contributed by atoms with van der Waals surface area (Å²) in [4.78, 5) is 11.4. The summed E-state index contributed by atoms with van der Waals surface area (Å²) >= 11 is 1.43. The Morgan fingerprint density at radius 1 is 1.29 bits per heavy atom. The van der Waals surface area contributed by atoms with Gasteiger partial charge in [-0.1, -0.05) is 13.0 Å². The first-order chi connectivity index (χ1) is 10.4. The summed E-state index contributed by atoms with van der Waals surface area (Å²) in [6.07, 6.45) is 6.62. The van der Waals surface area contributed by atoms with Gasteiger partial charge in [-0.05, 0) is 25.3 Å². The summed E-state index contributed by atoms with van der Waals surface area (Å²) in [5.41, 5.74) is 1.23. The van der Waals surface area contributed by atoms with Gasteiger partial charge in [0.25, 0.3) is 0 Å². The number of nitrogens with zero attached hydrogens (tertiary/aromatic N) is 4. The third kappa shape index (κ3) is 3.50. The van der Waals surface area contributed by atoms with Crippen LogP contribution >= 0.6 is 11.5 Å². The molecule has 0 saturated carbocycles. The summed E-state index contributed by atoms with van der Waals surface area (Å²) < 4.78 is 4.30. The van der Waals surface area contributed by atoms with E-state index in [0.717, 1.165) is 42.8 Å². The van der Waals surface area contributed by atoms with E-state index in [9.17, 15) is 0 Å². The molecule has 5 nitrogen and oxygen atoms in total. The van der Waals surface area contributed by atoms with Gasteiger partial charge in [0.05, 0.1) is 0 Å². The molecule has 0 aromatic carbocycles. The molecule has 1 aliphatic heterocycles. The molecular weight excluding hydrogens is 282 g/mol. The predicted octanol–water partition coefficient (Wildman–Crippen LogP) is 3.10. The van der Waals surface area contributed by atoms with Crippen LogP contribution in [-0.2, 0) is 13.0 Å². The van der Waals surface area contributed by atoms with Crippen molar-refractivity contribution in [3.63, 3.8) is 0 Å². The van der Waals surface area contributed by atoms with Gasteiger partial charge in [-0.15, -0.1) is 0 Å². The Bertz CT molecular complexity index is 577. The molecule has 0 amide bonds. The minimum Gasteiger partial charge on any atom is -0.356 e. The first-order valence-corrected chi connectivity index (χ1v) is 8.39. The first-order valence-electron chi connectivity index (χ1n) is 7.62. The Balaban J connectivity index is 1.69. The molecular formula is C15H21N5S. The number of aromatic nitrogens is 3. The molecule has 1 N–H and O–H groups in total. The Hall–Kier alpha value is -1.69. The normalized spacial score (nSPS) is 15.2. The van der Waals surface area contributed by atoms with Crippen molar-refractivity contribution in [3.05, 3.63) is 29.7 Å². The van der Waals surface area contributed by atoms with Crippen molar-refractivity contribution < 1.29 is 0 Å². The van der Waals surface area contributed by atoms with E-state index < -0.39 is 0 Å². The molecule has 0 unspecified atom stereocenters. The van der Waals surface area contributed by atoms with Crippen LogP contribution in [0.4, 0.5) is 10.9 Å². The number of nitrogens with one attached hydrogen (secondary N) is 1. The summed E-state index contributed by atoms with van der Waals surface area (Å²) in [7, 11) is 0. The zero-order chi connectivity index (χ0) is 14.5. The molecule has 1 aliphatic rings. The Morgan fingerprint density at radius 2 is 2.14 bits per heavy atom. The number of piperidine rings is 1. The quantitative estimate of drug-likeness (QED) is 0.920. The molecule has 0 bridgehead atoms. The van der Waals surface area contributed by atoms with Crippen molar-refractivity contribution in [2.24, 2.45) is 0 Å². The van der Waals surface area contributed by atoms with Crippen molar-refractivity contribution in [1.82, 2.24) is 14.3 Å². The van der Waals surface area contributed by atoms with Gasteiger partial charge in [-0.2, -0.15) is 4.37 Å². The van der Waals surface area contributed by atoms with Gasteiger partial charge in [-0.3, -0.25) is 0 Å². The van der Waals surface area contributed by atoms with E-state index in [1.165, 1.54) is 36.4 Å². The maximum Gasteiger partial charge on any atom is 0.202 e. The van der Waals surface area contributed by atoms with Gasteiger partial charge < -0.3 is 10.2 Å². The lowest BCUT2D eigenvalue weighted by Crippen LogP contribution is -2.31. The van der Waals surface area contributed by atoms with Crippen molar-refractivity contribution >= 4 is 22.5 Å². The number of pyridine rings is 1. The third-order valence-corrected chi connectivity index (χ3v) is 4.45. The standard InChI is InChI=1S/C15H21N5S/c1-2-13-18-15(21-19-13)17-11-12-7-6-8-16-14(12)20-9-4-3-5-10-20/h6-8H,2-5,9-11H2,1H3,(H,17,18,19). The van der Waals surface area contributed by atoms with Crippen molar-refractivity contribution in [2.45, 2.75) is 39.2 Å². The topological polar surface area (TPSA) is 53.9 Å². The fourth-order valence-electron chi connectivity index (χ4n) is 2.60. The lowest BCUT2D eigenvalue weighted by Gasteiger charge is -2.29. The Labute approximate surface area is 129 Å². The maximum absolute atomic E-state index is 4.59. The van der Waals surface area contributed by atoms with E-state index in [1.54, 1.807) is 0 Å². The average molecular weight is 303 g/mol. The number of hydrogen-bond acceptors (Lipinski definition) is 6. The van der Waals surface area contributed by atoms with E-state index >= 15 is 0 Å². The van der Waals surface area contributed by atoms with Crippen LogP contribution in [0.5, 0.6) is 0 Å².